The number of nitrogen functional groups attached to an aromatic ring is 1. The maximum absolute atomic E-state index is 11.7. The van der Waals surface area contributed by atoms with Gasteiger partial charge in [0.2, 0.25) is 0 Å². The summed E-state index contributed by atoms with van der Waals surface area (Å²) in [5.41, 5.74) is 7.09. The first-order valence-electron chi connectivity index (χ1n) is 5.45. The minimum atomic E-state index is 0.0943. The van der Waals surface area contributed by atoms with Gasteiger partial charge in [-0.2, -0.15) is 0 Å². The molecule has 3 N–H and O–H groups in total. The number of nitrogens with two attached hydrogens (primary N) is 1. The summed E-state index contributed by atoms with van der Waals surface area (Å²) >= 11 is 0. The molecule has 0 aliphatic rings. The van der Waals surface area contributed by atoms with Gasteiger partial charge >= 0.3 is 0 Å². The Balaban J connectivity index is 2.48. The first-order chi connectivity index (χ1) is 7.65. The standard InChI is InChI=1S/C12H18N2OS/c1-3-16(4-2)9-12(15)14-11-7-5-10(13)6-8-11/h5-8H,3-4,9,13H2,1-2H3/p+1. The Kier molecular flexibility index (Phi) is 5.19. The highest BCUT2D eigenvalue weighted by Crippen LogP contribution is 2.10. The molecule has 0 heterocycles. The number of carbonyl (C=O) groups excluding carboxylic acids is 1. The average molecular weight is 239 g/mol. The lowest BCUT2D eigenvalue weighted by Crippen LogP contribution is -2.25. The minimum Gasteiger partial charge on any atom is -0.399 e. The fraction of sp³-hybridized carbons (Fsp3) is 0.417. The van der Waals surface area contributed by atoms with Crippen LogP contribution < -0.4 is 11.1 Å². The lowest BCUT2D eigenvalue weighted by molar-refractivity contribution is -0.113. The van der Waals surface area contributed by atoms with Crippen LogP contribution in [0.5, 0.6) is 0 Å². The van der Waals surface area contributed by atoms with Crippen LogP contribution in [-0.2, 0) is 15.7 Å². The van der Waals surface area contributed by atoms with Gasteiger partial charge in [-0.05, 0) is 49.0 Å². The van der Waals surface area contributed by atoms with Crippen molar-refractivity contribution in [2.45, 2.75) is 13.8 Å². The third kappa shape index (κ3) is 4.14. The second-order valence-corrected chi connectivity index (χ2v) is 6.17. The third-order valence-electron chi connectivity index (χ3n) is 2.35. The van der Waals surface area contributed by atoms with Crippen LogP contribution in [0.4, 0.5) is 11.4 Å². The van der Waals surface area contributed by atoms with Gasteiger partial charge in [0, 0.05) is 11.4 Å². The summed E-state index contributed by atoms with van der Waals surface area (Å²) in [7, 11) is 0.217. The van der Waals surface area contributed by atoms with E-state index in [0.717, 1.165) is 17.2 Å². The van der Waals surface area contributed by atoms with E-state index in [1.807, 2.05) is 12.1 Å². The van der Waals surface area contributed by atoms with Crippen molar-refractivity contribution in [3.05, 3.63) is 24.3 Å². The summed E-state index contributed by atoms with van der Waals surface area (Å²) in [6, 6.07) is 7.22. The van der Waals surface area contributed by atoms with Gasteiger partial charge in [0.1, 0.15) is 11.5 Å². The van der Waals surface area contributed by atoms with Gasteiger partial charge in [0.25, 0.3) is 5.91 Å². The number of carbonyl (C=O) groups is 1. The van der Waals surface area contributed by atoms with Crippen molar-refractivity contribution in [1.29, 1.82) is 0 Å². The maximum Gasteiger partial charge on any atom is 0.274 e. The topological polar surface area (TPSA) is 55.1 Å². The van der Waals surface area contributed by atoms with Crippen molar-refractivity contribution in [3.8, 4) is 0 Å². The molecule has 1 rings (SSSR count). The van der Waals surface area contributed by atoms with Gasteiger partial charge in [-0.3, -0.25) is 4.79 Å². The first kappa shape index (κ1) is 12.9. The molecule has 3 nitrogen and oxygen atoms in total. The quantitative estimate of drug-likeness (QED) is 0.609. The van der Waals surface area contributed by atoms with Crippen molar-refractivity contribution in [2.24, 2.45) is 0 Å². The molecule has 1 aromatic carbocycles. The molecule has 0 aromatic heterocycles. The predicted octanol–water partition coefficient (Wildman–Crippen LogP) is 1.87. The Bertz CT molecular complexity index is 333. The van der Waals surface area contributed by atoms with E-state index in [1.54, 1.807) is 12.1 Å². The Morgan fingerprint density at radius 1 is 1.25 bits per heavy atom. The molecule has 0 spiro atoms. The Morgan fingerprint density at radius 2 is 1.81 bits per heavy atom. The van der Waals surface area contributed by atoms with Gasteiger partial charge in [0.15, 0.2) is 5.75 Å². The molecule has 0 radical (unpaired) electrons. The van der Waals surface area contributed by atoms with Crippen molar-refractivity contribution >= 4 is 28.2 Å². The lowest BCUT2D eigenvalue weighted by atomic mass is 10.3. The van der Waals surface area contributed by atoms with Gasteiger partial charge in [-0.25, -0.2) is 0 Å². The van der Waals surface area contributed by atoms with Crippen LogP contribution in [0.15, 0.2) is 24.3 Å². The first-order valence-corrected chi connectivity index (χ1v) is 7.18. The van der Waals surface area contributed by atoms with Crippen LogP contribution in [0.25, 0.3) is 0 Å². The summed E-state index contributed by atoms with van der Waals surface area (Å²) in [6.07, 6.45) is 0. The number of hydrogen-bond donors (Lipinski definition) is 2. The fourth-order valence-electron chi connectivity index (χ4n) is 1.36. The van der Waals surface area contributed by atoms with Crippen LogP contribution in [0.3, 0.4) is 0 Å². The van der Waals surface area contributed by atoms with E-state index in [1.165, 1.54) is 0 Å². The number of amides is 1. The average Bonchev–Trinajstić information content (AvgIpc) is 2.29. The summed E-state index contributed by atoms with van der Waals surface area (Å²) in [5.74, 6) is 2.87. The van der Waals surface area contributed by atoms with E-state index in [9.17, 15) is 4.79 Å². The molecule has 4 heteroatoms. The van der Waals surface area contributed by atoms with Gasteiger partial charge in [0.05, 0.1) is 0 Å². The summed E-state index contributed by atoms with van der Waals surface area (Å²) in [4.78, 5) is 11.7. The molecule has 0 saturated heterocycles. The molecule has 0 unspecified atom stereocenters. The zero-order valence-electron chi connectivity index (χ0n) is 9.82. The molecule has 0 atom stereocenters. The van der Waals surface area contributed by atoms with Crippen LogP contribution in [0.1, 0.15) is 13.8 Å². The molecule has 16 heavy (non-hydrogen) atoms. The number of benzene rings is 1. The van der Waals surface area contributed by atoms with Crippen LogP contribution in [0, 0.1) is 0 Å². The number of nitrogens with one attached hydrogen (secondary N) is 1. The summed E-state index contributed by atoms with van der Waals surface area (Å²) in [5, 5.41) is 2.88. The van der Waals surface area contributed by atoms with E-state index >= 15 is 0 Å². The molecule has 88 valence electrons. The molecule has 1 aromatic rings. The van der Waals surface area contributed by atoms with Crippen LogP contribution in [-0.4, -0.2) is 23.2 Å². The molecule has 0 bridgehead atoms. The largest absolute Gasteiger partial charge is 0.399 e. The second kappa shape index (κ2) is 6.43. The highest BCUT2D eigenvalue weighted by Gasteiger charge is 2.17. The van der Waals surface area contributed by atoms with Crippen molar-refractivity contribution in [2.75, 3.05) is 28.3 Å². The number of anilines is 2. The molecule has 0 aliphatic carbocycles. The molecular weight excluding hydrogens is 220 g/mol. The Morgan fingerprint density at radius 3 is 2.31 bits per heavy atom. The van der Waals surface area contributed by atoms with Crippen molar-refractivity contribution in [1.82, 2.24) is 0 Å². The number of rotatable bonds is 5. The van der Waals surface area contributed by atoms with Crippen molar-refractivity contribution < 1.29 is 4.79 Å². The zero-order valence-corrected chi connectivity index (χ0v) is 10.6. The van der Waals surface area contributed by atoms with Gasteiger partial charge in [-0.1, -0.05) is 0 Å². The molecule has 0 saturated carbocycles. The van der Waals surface area contributed by atoms with E-state index in [-0.39, 0.29) is 16.8 Å². The SMILES string of the molecule is CC[S+](CC)CC(=O)Nc1ccc(N)cc1. The van der Waals surface area contributed by atoms with Crippen LogP contribution >= 0.6 is 0 Å². The van der Waals surface area contributed by atoms with E-state index in [4.69, 9.17) is 5.73 Å². The molecular formula is C12H19N2OS+. The van der Waals surface area contributed by atoms with Gasteiger partial charge in [-0.15, -0.1) is 0 Å². The number of hydrogen-bond acceptors (Lipinski definition) is 2. The van der Waals surface area contributed by atoms with Crippen LogP contribution in [0.2, 0.25) is 0 Å². The fourth-order valence-corrected chi connectivity index (χ4v) is 2.62. The molecule has 0 aliphatic heterocycles. The Labute approximate surface area is 99.8 Å². The normalized spacial score (nSPS) is 10.4. The van der Waals surface area contributed by atoms with E-state index in [0.29, 0.717) is 11.4 Å². The monoisotopic (exact) mass is 239 g/mol. The van der Waals surface area contributed by atoms with Crippen molar-refractivity contribution in [3.63, 3.8) is 0 Å². The maximum atomic E-state index is 11.7. The molecule has 1 amide bonds. The second-order valence-electron chi connectivity index (χ2n) is 3.50. The highest BCUT2D eigenvalue weighted by molar-refractivity contribution is 7.97. The van der Waals surface area contributed by atoms with Gasteiger partial charge < -0.3 is 11.1 Å². The zero-order chi connectivity index (χ0) is 12.0. The highest BCUT2D eigenvalue weighted by atomic mass is 32.2. The minimum absolute atomic E-state index is 0.0943. The van der Waals surface area contributed by atoms with E-state index < -0.39 is 0 Å². The smallest absolute Gasteiger partial charge is 0.274 e. The molecule has 0 fully saturated rings. The van der Waals surface area contributed by atoms with E-state index in [2.05, 4.69) is 19.2 Å². The Hall–Kier alpha value is -1.16. The summed E-state index contributed by atoms with van der Waals surface area (Å²) in [6.45, 7) is 4.26. The predicted molar refractivity (Wildman–Crippen MR) is 72.8 cm³/mol. The lowest BCUT2D eigenvalue weighted by Gasteiger charge is -2.06. The third-order valence-corrected chi connectivity index (χ3v) is 4.65. The summed E-state index contributed by atoms with van der Waals surface area (Å²) < 4.78 is 0.